The molecule has 4 heterocycles. The number of nitrogens with one attached hydrogen (secondary N) is 4. The second-order valence-corrected chi connectivity index (χ2v) is 11.2. The summed E-state index contributed by atoms with van der Waals surface area (Å²) in [4.78, 5) is 26.7. The molecular formula is C29H32N8. The molecule has 8 heteroatoms. The fourth-order valence-electron chi connectivity index (χ4n) is 6.69. The number of hydrogen-bond acceptors (Lipinski definition) is 6. The fraction of sp³-hybridized carbons (Fsp3) is 0.448. The molecule has 2 aromatic heterocycles. The Morgan fingerprint density at radius 1 is 0.622 bits per heavy atom. The number of aromatic amines is 2. The lowest BCUT2D eigenvalue weighted by Gasteiger charge is -2.23. The first-order chi connectivity index (χ1) is 18.2. The predicted octanol–water partition coefficient (Wildman–Crippen LogP) is 4.35. The minimum atomic E-state index is 0.436. The lowest BCUT2D eigenvalue weighted by atomic mass is 9.92. The zero-order valence-corrected chi connectivity index (χ0v) is 20.9. The van der Waals surface area contributed by atoms with Crippen molar-refractivity contribution in [2.75, 3.05) is 0 Å². The Hall–Kier alpha value is -3.68. The van der Waals surface area contributed by atoms with Crippen LogP contribution < -0.4 is 10.6 Å². The number of fused-ring (bicyclic) bond motifs is 4. The van der Waals surface area contributed by atoms with Crippen LogP contribution in [-0.4, -0.2) is 55.8 Å². The van der Waals surface area contributed by atoms with E-state index in [1.165, 1.54) is 51.4 Å². The molecule has 2 aliphatic heterocycles. The van der Waals surface area contributed by atoms with Crippen LogP contribution in [-0.2, 0) is 6.42 Å². The van der Waals surface area contributed by atoms with Crippen LogP contribution in [0.4, 0.5) is 0 Å². The maximum atomic E-state index is 4.99. The molecule has 37 heavy (non-hydrogen) atoms. The van der Waals surface area contributed by atoms with Crippen molar-refractivity contribution in [3.05, 3.63) is 59.2 Å². The summed E-state index contributed by atoms with van der Waals surface area (Å²) in [7, 11) is 0. The highest BCUT2D eigenvalue weighted by Crippen LogP contribution is 2.28. The Balaban J connectivity index is 1.02. The standard InChI is InChI=1S/C29H32N8/c1-2-6-19-18(5-1)34-28(35-19)16-9-11-22-24(13-16)32-26(30-22)15-27-31-23-12-10-17(14-25(23)33-27)29-36-20-7-3-4-8-21(20)37-29/h9-14,18-21H,1-8,15H2,(H,30,32)(H,31,33)(H,34,35)(H,36,37)/t18-,19-,20-,21-/m0/s1. The van der Waals surface area contributed by atoms with Gasteiger partial charge in [-0.15, -0.1) is 0 Å². The highest BCUT2D eigenvalue weighted by Gasteiger charge is 2.32. The molecule has 2 aliphatic carbocycles. The summed E-state index contributed by atoms with van der Waals surface area (Å²) in [6, 6.07) is 14.7. The summed E-state index contributed by atoms with van der Waals surface area (Å²) in [5.74, 6) is 3.88. The average molecular weight is 493 g/mol. The smallest absolute Gasteiger partial charge is 0.128 e. The second-order valence-electron chi connectivity index (χ2n) is 11.2. The van der Waals surface area contributed by atoms with E-state index in [0.29, 0.717) is 30.6 Å². The molecule has 0 radical (unpaired) electrons. The van der Waals surface area contributed by atoms with Crippen LogP contribution in [0, 0.1) is 0 Å². The summed E-state index contributed by atoms with van der Waals surface area (Å²) in [5, 5.41) is 7.32. The molecule has 0 amide bonds. The van der Waals surface area contributed by atoms with Crippen molar-refractivity contribution in [1.29, 1.82) is 0 Å². The number of H-pyrrole nitrogens is 2. The summed E-state index contributed by atoms with van der Waals surface area (Å²) in [5.41, 5.74) is 6.29. The van der Waals surface area contributed by atoms with E-state index in [0.717, 1.165) is 56.5 Å². The minimum absolute atomic E-state index is 0.436. The predicted molar refractivity (Wildman–Crippen MR) is 146 cm³/mol. The number of aliphatic imine (C=N–C) groups is 2. The van der Waals surface area contributed by atoms with Gasteiger partial charge in [0, 0.05) is 23.2 Å². The Kier molecular flexibility index (Phi) is 4.88. The van der Waals surface area contributed by atoms with Crippen LogP contribution in [0.2, 0.25) is 0 Å². The average Bonchev–Trinajstić information content (AvgIpc) is 3.70. The number of aromatic nitrogens is 4. The number of rotatable bonds is 4. The van der Waals surface area contributed by atoms with Crippen molar-refractivity contribution >= 4 is 33.7 Å². The largest absolute Gasteiger partial charge is 0.365 e. The molecule has 4 aliphatic rings. The topological polar surface area (TPSA) is 106 Å². The minimum Gasteiger partial charge on any atom is -0.365 e. The van der Waals surface area contributed by atoms with Crippen molar-refractivity contribution in [3.8, 4) is 0 Å². The number of amidine groups is 2. The first-order valence-electron chi connectivity index (χ1n) is 13.9. The number of nitrogens with zero attached hydrogens (tertiary/aromatic N) is 4. The SMILES string of the molecule is c1cc2nc(Cc3nc4ccc(C5=N[C@H]6CCCC[C@@H]6N5)cc4[nH]3)[nH]c2cc1C1=N[C@H]2CCCC[C@@H]2N1. The lowest BCUT2D eigenvalue weighted by Crippen LogP contribution is -2.36. The van der Waals surface area contributed by atoms with Crippen LogP contribution in [0.15, 0.2) is 46.4 Å². The van der Waals surface area contributed by atoms with Gasteiger partial charge in [0.05, 0.1) is 40.6 Å². The molecule has 2 aromatic carbocycles. The van der Waals surface area contributed by atoms with E-state index in [4.69, 9.17) is 20.0 Å². The van der Waals surface area contributed by atoms with Crippen molar-refractivity contribution in [2.24, 2.45) is 9.98 Å². The maximum absolute atomic E-state index is 4.99. The van der Waals surface area contributed by atoms with E-state index in [-0.39, 0.29) is 0 Å². The quantitative estimate of drug-likeness (QED) is 0.340. The molecule has 4 N–H and O–H groups in total. The van der Waals surface area contributed by atoms with E-state index >= 15 is 0 Å². The molecule has 8 nitrogen and oxygen atoms in total. The van der Waals surface area contributed by atoms with Gasteiger partial charge in [-0.1, -0.05) is 25.7 Å². The van der Waals surface area contributed by atoms with Crippen LogP contribution in [0.1, 0.15) is 74.1 Å². The third-order valence-electron chi connectivity index (χ3n) is 8.64. The summed E-state index contributed by atoms with van der Waals surface area (Å²) >= 11 is 0. The normalized spacial score (nSPS) is 26.9. The van der Waals surface area contributed by atoms with Gasteiger partial charge in [0.2, 0.25) is 0 Å². The van der Waals surface area contributed by atoms with Gasteiger partial charge in [-0.05, 0) is 62.1 Å². The van der Waals surface area contributed by atoms with Gasteiger partial charge in [-0.25, -0.2) is 9.97 Å². The highest BCUT2D eigenvalue weighted by molar-refractivity contribution is 6.03. The molecule has 4 atom stereocenters. The molecule has 0 unspecified atom stereocenters. The van der Waals surface area contributed by atoms with Crippen molar-refractivity contribution in [1.82, 2.24) is 30.6 Å². The Morgan fingerprint density at radius 3 is 1.59 bits per heavy atom. The van der Waals surface area contributed by atoms with Gasteiger partial charge < -0.3 is 20.6 Å². The van der Waals surface area contributed by atoms with Gasteiger partial charge in [0.15, 0.2) is 0 Å². The number of hydrogen-bond donors (Lipinski definition) is 4. The van der Waals surface area contributed by atoms with Crippen LogP contribution in [0.25, 0.3) is 22.1 Å². The molecule has 4 aromatic rings. The zero-order valence-electron chi connectivity index (χ0n) is 20.9. The van der Waals surface area contributed by atoms with Gasteiger partial charge in [0.1, 0.15) is 23.3 Å². The molecule has 2 saturated carbocycles. The van der Waals surface area contributed by atoms with E-state index in [1.807, 2.05) is 0 Å². The molecule has 0 bridgehead atoms. The Morgan fingerprint density at radius 2 is 1.11 bits per heavy atom. The van der Waals surface area contributed by atoms with E-state index in [2.05, 4.69) is 57.0 Å². The molecule has 0 spiro atoms. The van der Waals surface area contributed by atoms with E-state index in [9.17, 15) is 0 Å². The molecule has 2 fully saturated rings. The third-order valence-corrected chi connectivity index (χ3v) is 8.64. The van der Waals surface area contributed by atoms with Gasteiger partial charge in [-0.3, -0.25) is 9.98 Å². The fourth-order valence-corrected chi connectivity index (χ4v) is 6.69. The van der Waals surface area contributed by atoms with Gasteiger partial charge in [0.25, 0.3) is 0 Å². The summed E-state index contributed by atoms with van der Waals surface area (Å²) in [6.07, 6.45) is 10.6. The van der Waals surface area contributed by atoms with E-state index in [1.54, 1.807) is 0 Å². The van der Waals surface area contributed by atoms with Gasteiger partial charge >= 0.3 is 0 Å². The van der Waals surface area contributed by atoms with E-state index < -0.39 is 0 Å². The molecule has 188 valence electrons. The Labute approximate surface area is 215 Å². The van der Waals surface area contributed by atoms with Crippen LogP contribution in [0.5, 0.6) is 0 Å². The first-order valence-corrected chi connectivity index (χ1v) is 13.9. The zero-order chi connectivity index (χ0) is 24.3. The maximum Gasteiger partial charge on any atom is 0.128 e. The van der Waals surface area contributed by atoms with Crippen LogP contribution in [0.3, 0.4) is 0 Å². The molecule has 0 saturated heterocycles. The third kappa shape index (κ3) is 3.81. The Bertz CT molecular complexity index is 1440. The second kappa shape index (κ2) is 8.43. The van der Waals surface area contributed by atoms with Crippen molar-refractivity contribution in [2.45, 2.75) is 82.0 Å². The van der Waals surface area contributed by atoms with Crippen LogP contribution >= 0.6 is 0 Å². The first kappa shape index (κ1) is 21.4. The van der Waals surface area contributed by atoms with Gasteiger partial charge in [-0.2, -0.15) is 0 Å². The van der Waals surface area contributed by atoms with Crippen molar-refractivity contribution < 1.29 is 0 Å². The number of benzene rings is 2. The molecular weight excluding hydrogens is 460 g/mol. The summed E-state index contributed by atoms with van der Waals surface area (Å²) < 4.78 is 0. The van der Waals surface area contributed by atoms with Crippen molar-refractivity contribution in [3.63, 3.8) is 0 Å². The highest BCUT2D eigenvalue weighted by atomic mass is 15.1. The lowest BCUT2D eigenvalue weighted by molar-refractivity contribution is 0.385. The summed E-state index contributed by atoms with van der Waals surface area (Å²) in [6.45, 7) is 0. The molecule has 8 rings (SSSR count). The monoisotopic (exact) mass is 492 g/mol. The number of imidazole rings is 2.